The smallest absolute Gasteiger partial charge is 0.342 e. The molecular formula is C27H26N4O6. The highest BCUT2D eigenvalue weighted by Gasteiger charge is 2.42. The van der Waals surface area contributed by atoms with Crippen molar-refractivity contribution in [3.8, 4) is 0 Å². The number of carbonyl (C=O) groups excluding carboxylic acids is 2. The molecule has 0 atom stereocenters. The van der Waals surface area contributed by atoms with Crippen LogP contribution in [0.4, 0.5) is 5.82 Å². The Labute approximate surface area is 213 Å². The molecule has 0 saturated heterocycles. The van der Waals surface area contributed by atoms with E-state index in [9.17, 15) is 19.7 Å². The second-order valence-corrected chi connectivity index (χ2v) is 8.55. The third kappa shape index (κ3) is 5.43. The van der Waals surface area contributed by atoms with E-state index in [0.29, 0.717) is 11.4 Å². The van der Waals surface area contributed by atoms with Gasteiger partial charge in [-0.1, -0.05) is 60.7 Å². The number of allylic oxidation sites excluding steroid dienone is 2. The van der Waals surface area contributed by atoms with E-state index in [1.54, 1.807) is 13.8 Å². The van der Waals surface area contributed by atoms with Crippen LogP contribution in [0.15, 0.2) is 89.4 Å². The summed E-state index contributed by atoms with van der Waals surface area (Å²) in [5.41, 5.74) is 2.72. The number of carbonyl (C=O) groups is 2. The summed E-state index contributed by atoms with van der Waals surface area (Å²) in [7, 11) is 1.47. The van der Waals surface area contributed by atoms with Crippen molar-refractivity contribution in [1.82, 2.24) is 14.9 Å². The molecule has 10 nitrogen and oxygen atoms in total. The van der Waals surface area contributed by atoms with E-state index in [-0.39, 0.29) is 36.0 Å². The number of esters is 2. The fourth-order valence-electron chi connectivity index (χ4n) is 4.25. The molecule has 10 heteroatoms. The molecule has 0 fully saturated rings. The quantitative estimate of drug-likeness (QED) is 0.278. The van der Waals surface area contributed by atoms with Gasteiger partial charge >= 0.3 is 17.8 Å². The highest BCUT2D eigenvalue weighted by molar-refractivity contribution is 5.99. The van der Waals surface area contributed by atoms with Gasteiger partial charge in [0.25, 0.3) is 0 Å². The van der Waals surface area contributed by atoms with Crippen LogP contribution in [0, 0.1) is 10.1 Å². The van der Waals surface area contributed by atoms with Crippen molar-refractivity contribution in [1.29, 1.82) is 0 Å². The van der Waals surface area contributed by atoms with E-state index in [1.165, 1.54) is 11.6 Å². The molecule has 37 heavy (non-hydrogen) atoms. The van der Waals surface area contributed by atoms with Gasteiger partial charge in [-0.15, -0.1) is 0 Å². The number of hydrogen-bond donors (Lipinski definition) is 1. The number of imidazole rings is 1. The molecule has 190 valence electrons. The van der Waals surface area contributed by atoms with Crippen LogP contribution in [0.25, 0.3) is 0 Å². The molecule has 1 aliphatic rings. The van der Waals surface area contributed by atoms with Gasteiger partial charge in [0.2, 0.25) is 5.82 Å². The molecule has 2 aromatic carbocycles. The van der Waals surface area contributed by atoms with Gasteiger partial charge < -0.3 is 24.9 Å². The van der Waals surface area contributed by atoms with E-state index in [0.717, 1.165) is 17.3 Å². The molecule has 2 heterocycles. The maximum atomic E-state index is 13.4. The zero-order chi connectivity index (χ0) is 26.5. The first-order valence-corrected chi connectivity index (χ1v) is 11.5. The van der Waals surface area contributed by atoms with Crippen LogP contribution in [-0.4, -0.2) is 26.4 Å². The number of benzene rings is 2. The van der Waals surface area contributed by atoms with E-state index < -0.39 is 22.8 Å². The molecule has 3 aromatic rings. The number of nitro groups is 1. The summed E-state index contributed by atoms with van der Waals surface area (Å²) in [4.78, 5) is 42.0. The van der Waals surface area contributed by atoms with Gasteiger partial charge in [-0.3, -0.25) is 0 Å². The summed E-state index contributed by atoms with van der Waals surface area (Å²) in [5, 5.41) is 14.6. The Morgan fingerprint density at radius 1 is 0.919 bits per heavy atom. The lowest BCUT2D eigenvalue weighted by Crippen LogP contribution is -2.33. The minimum Gasteiger partial charge on any atom is -0.457 e. The molecule has 0 aliphatic carbocycles. The van der Waals surface area contributed by atoms with Crippen LogP contribution in [0.3, 0.4) is 0 Å². The van der Waals surface area contributed by atoms with Gasteiger partial charge in [-0.05, 0) is 29.9 Å². The maximum absolute atomic E-state index is 13.4. The average molecular weight is 503 g/mol. The Bertz CT molecular complexity index is 1320. The monoisotopic (exact) mass is 502 g/mol. The van der Waals surface area contributed by atoms with Crippen molar-refractivity contribution >= 4 is 17.8 Å². The second-order valence-electron chi connectivity index (χ2n) is 8.55. The molecule has 1 N–H and O–H groups in total. The summed E-state index contributed by atoms with van der Waals surface area (Å²) in [6.07, 6.45) is 1.10. The lowest BCUT2D eigenvalue weighted by Gasteiger charge is -2.28. The Hall–Kier alpha value is -4.73. The van der Waals surface area contributed by atoms with Gasteiger partial charge in [-0.2, -0.15) is 0 Å². The van der Waals surface area contributed by atoms with Gasteiger partial charge in [0.15, 0.2) is 0 Å². The van der Waals surface area contributed by atoms with Crippen molar-refractivity contribution in [2.24, 2.45) is 7.05 Å². The number of hydrogen-bond acceptors (Lipinski definition) is 8. The molecule has 0 radical (unpaired) electrons. The van der Waals surface area contributed by atoms with Gasteiger partial charge in [0, 0.05) is 11.4 Å². The van der Waals surface area contributed by atoms with Crippen LogP contribution in [-0.2, 0) is 39.3 Å². The van der Waals surface area contributed by atoms with Crippen molar-refractivity contribution in [2.45, 2.75) is 33.0 Å². The SMILES string of the molecule is CC1=C(C(=O)OCc2ccccc2)C(c2ncc([N+](=O)[O-])n2C)C(C(=O)OCc2ccccc2)=C(C)N1. The first kappa shape index (κ1) is 25.4. The lowest BCUT2D eigenvalue weighted by atomic mass is 9.84. The van der Waals surface area contributed by atoms with Crippen LogP contribution < -0.4 is 5.32 Å². The topological polar surface area (TPSA) is 126 Å². The largest absolute Gasteiger partial charge is 0.457 e. The van der Waals surface area contributed by atoms with Crippen LogP contribution in [0.2, 0.25) is 0 Å². The van der Waals surface area contributed by atoms with E-state index >= 15 is 0 Å². The highest BCUT2D eigenvalue weighted by Crippen LogP contribution is 2.39. The third-order valence-electron chi connectivity index (χ3n) is 6.07. The Morgan fingerprint density at radius 3 is 1.78 bits per heavy atom. The Morgan fingerprint density at radius 2 is 1.38 bits per heavy atom. The Kier molecular flexibility index (Phi) is 7.47. The summed E-state index contributed by atoms with van der Waals surface area (Å²) in [6, 6.07) is 18.3. The van der Waals surface area contributed by atoms with Gasteiger partial charge in [0.05, 0.1) is 18.2 Å². The number of ether oxygens (including phenoxy) is 2. The number of aromatic nitrogens is 2. The van der Waals surface area contributed by atoms with Crippen molar-refractivity contribution in [2.75, 3.05) is 0 Å². The molecule has 0 saturated carbocycles. The van der Waals surface area contributed by atoms with Crippen molar-refractivity contribution in [3.63, 3.8) is 0 Å². The molecule has 4 rings (SSSR count). The molecular weight excluding hydrogens is 476 g/mol. The van der Waals surface area contributed by atoms with E-state index in [4.69, 9.17) is 9.47 Å². The lowest BCUT2D eigenvalue weighted by molar-refractivity contribution is -0.391. The molecule has 0 amide bonds. The standard InChI is InChI=1S/C27H26N4O6/c1-17-22(26(32)36-15-19-10-6-4-7-11-19)24(25-28-14-21(30(25)3)31(34)35)23(18(2)29-17)27(33)37-16-20-12-8-5-9-13-20/h4-14,24,29H,15-16H2,1-3H3. The van der Waals surface area contributed by atoms with Gasteiger partial charge in [0.1, 0.15) is 25.3 Å². The number of dihydropyridines is 1. The second kappa shape index (κ2) is 10.9. The van der Waals surface area contributed by atoms with E-state index in [2.05, 4.69) is 10.3 Å². The minimum absolute atomic E-state index is 0.0143. The third-order valence-corrected chi connectivity index (χ3v) is 6.07. The van der Waals surface area contributed by atoms with E-state index in [1.807, 2.05) is 60.7 Å². The van der Waals surface area contributed by atoms with Crippen LogP contribution in [0.1, 0.15) is 36.7 Å². The van der Waals surface area contributed by atoms with Crippen LogP contribution >= 0.6 is 0 Å². The molecule has 0 unspecified atom stereocenters. The average Bonchev–Trinajstić information content (AvgIpc) is 3.28. The fourth-order valence-corrected chi connectivity index (χ4v) is 4.25. The molecule has 1 aliphatic heterocycles. The first-order chi connectivity index (χ1) is 17.8. The maximum Gasteiger partial charge on any atom is 0.342 e. The highest BCUT2D eigenvalue weighted by atomic mass is 16.6. The number of nitrogens with one attached hydrogen (secondary N) is 1. The molecule has 0 spiro atoms. The fraction of sp³-hybridized carbons (Fsp3) is 0.222. The van der Waals surface area contributed by atoms with Crippen molar-refractivity contribution in [3.05, 3.63) is 116 Å². The number of nitrogens with zero attached hydrogens (tertiary/aromatic N) is 3. The molecule has 0 bridgehead atoms. The minimum atomic E-state index is -1.05. The summed E-state index contributed by atoms with van der Waals surface area (Å²) >= 11 is 0. The van der Waals surface area contributed by atoms with Crippen molar-refractivity contribution < 1.29 is 24.0 Å². The predicted molar refractivity (Wildman–Crippen MR) is 134 cm³/mol. The summed E-state index contributed by atoms with van der Waals surface area (Å²) in [6.45, 7) is 3.39. The predicted octanol–water partition coefficient (Wildman–Crippen LogP) is 4.05. The Balaban J connectivity index is 1.71. The summed E-state index contributed by atoms with van der Waals surface area (Å²) in [5.74, 6) is -2.54. The first-order valence-electron chi connectivity index (χ1n) is 11.5. The summed E-state index contributed by atoms with van der Waals surface area (Å²) < 4.78 is 12.4. The van der Waals surface area contributed by atoms with Crippen LogP contribution in [0.5, 0.6) is 0 Å². The zero-order valence-electron chi connectivity index (χ0n) is 20.6. The number of rotatable bonds is 8. The van der Waals surface area contributed by atoms with Gasteiger partial charge in [-0.25, -0.2) is 19.1 Å². The normalized spacial score (nSPS) is 13.8. The molecule has 1 aromatic heterocycles. The zero-order valence-corrected chi connectivity index (χ0v) is 20.6.